The molecule has 1 N–H and O–H groups in total. The summed E-state index contributed by atoms with van der Waals surface area (Å²) in [5.41, 5.74) is 7.87. The molecular weight excluding hydrogens is 496 g/mol. The van der Waals surface area contributed by atoms with Gasteiger partial charge in [-0.25, -0.2) is 0 Å². The number of ether oxygens (including phenoxy) is 1. The molecule has 1 atom stereocenters. The molecule has 0 radical (unpaired) electrons. The predicted molar refractivity (Wildman–Crippen MR) is 159 cm³/mol. The van der Waals surface area contributed by atoms with Gasteiger partial charge in [0.05, 0.1) is 18.6 Å². The third kappa shape index (κ3) is 5.31. The highest BCUT2D eigenvalue weighted by Crippen LogP contribution is 2.50. The highest BCUT2D eigenvalue weighted by atomic mass is 16.5. The molecule has 1 amide bonds. The van der Waals surface area contributed by atoms with Gasteiger partial charge in [0.25, 0.3) is 0 Å². The van der Waals surface area contributed by atoms with Crippen molar-refractivity contribution >= 4 is 11.6 Å². The van der Waals surface area contributed by atoms with Crippen molar-refractivity contribution in [1.82, 2.24) is 5.32 Å². The van der Waals surface area contributed by atoms with E-state index in [1.807, 2.05) is 37.3 Å². The van der Waals surface area contributed by atoms with Gasteiger partial charge in [0.15, 0.2) is 0 Å². The van der Waals surface area contributed by atoms with Crippen LogP contribution in [0.1, 0.15) is 63.8 Å². The van der Waals surface area contributed by atoms with Crippen molar-refractivity contribution in [3.63, 3.8) is 0 Å². The summed E-state index contributed by atoms with van der Waals surface area (Å²) in [5.74, 6) is 1.69. The summed E-state index contributed by atoms with van der Waals surface area (Å²) >= 11 is 0. The molecule has 2 aliphatic rings. The number of nitrogens with one attached hydrogen (secondary N) is 1. The van der Waals surface area contributed by atoms with Crippen molar-refractivity contribution in [2.75, 3.05) is 24.6 Å². The largest absolute Gasteiger partial charge is 0.464 e. The number of fused-ring (bicyclic) bond motifs is 1. The maximum Gasteiger partial charge on any atom is 0.231 e. The van der Waals surface area contributed by atoms with Crippen LogP contribution in [0.4, 0.5) is 5.69 Å². The van der Waals surface area contributed by atoms with Crippen LogP contribution in [-0.2, 0) is 28.0 Å². The monoisotopic (exact) mass is 534 g/mol. The lowest BCUT2D eigenvalue weighted by Gasteiger charge is -2.24. The van der Waals surface area contributed by atoms with Crippen LogP contribution in [0.5, 0.6) is 0 Å². The maximum atomic E-state index is 13.9. The number of carbonyl (C=O) groups excluding carboxylic acids is 1. The second-order valence-corrected chi connectivity index (χ2v) is 11.4. The molecule has 1 fully saturated rings. The smallest absolute Gasteiger partial charge is 0.231 e. The Morgan fingerprint density at radius 2 is 1.82 bits per heavy atom. The molecule has 40 heavy (non-hydrogen) atoms. The molecule has 6 rings (SSSR count). The number of hydrogen-bond acceptors (Lipinski definition) is 4. The molecule has 5 nitrogen and oxygen atoms in total. The number of nitrogens with zero attached hydrogens (tertiary/aromatic N) is 1. The molecule has 1 saturated carbocycles. The molecule has 0 bridgehead atoms. The van der Waals surface area contributed by atoms with Gasteiger partial charge >= 0.3 is 0 Å². The first kappa shape index (κ1) is 26.4. The Bertz CT molecular complexity index is 1500. The topological polar surface area (TPSA) is 54.7 Å². The number of amides is 1. The minimum absolute atomic E-state index is 0.0793. The van der Waals surface area contributed by atoms with E-state index in [9.17, 15) is 4.79 Å². The molecule has 206 valence electrons. The lowest BCUT2D eigenvalue weighted by atomic mass is 9.91. The van der Waals surface area contributed by atoms with Crippen LogP contribution in [-0.4, -0.2) is 25.6 Å². The van der Waals surface area contributed by atoms with E-state index in [1.165, 1.54) is 22.4 Å². The Labute approximate surface area is 237 Å². The molecule has 1 unspecified atom stereocenters. The van der Waals surface area contributed by atoms with Crippen LogP contribution in [0.25, 0.3) is 0 Å². The van der Waals surface area contributed by atoms with E-state index >= 15 is 0 Å². The fourth-order valence-electron chi connectivity index (χ4n) is 6.04. The number of rotatable bonds is 10. The zero-order valence-electron chi connectivity index (χ0n) is 23.7. The van der Waals surface area contributed by atoms with Crippen molar-refractivity contribution in [2.45, 2.75) is 58.1 Å². The number of carbonyl (C=O) groups is 1. The summed E-state index contributed by atoms with van der Waals surface area (Å²) in [6.45, 7) is 9.31. The molecule has 4 aromatic rings. The second kappa shape index (κ2) is 11.0. The van der Waals surface area contributed by atoms with Gasteiger partial charge in [0.1, 0.15) is 17.6 Å². The van der Waals surface area contributed by atoms with E-state index in [1.54, 1.807) is 0 Å². The SMILES string of the molecule is Cc1ccc(C(NC(=O)C2(c3ccc4c(c3)CCN4CCOCc3ccccc3)CC2)c2ccc(C)o2)c(C)c1. The average molecular weight is 535 g/mol. The molecule has 1 aliphatic carbocycles. The van der Waals surface area contributed by atoms with Crippen LogP contribution >= 0.6 is 0 Å². The predicted octanol–water partition coefficient (Wildman–Crippen LogP) is 6.72. The van der Waals surface area contributed by atoms with Gasteiger partial charge in [0, 0.05) is 18.8 Å². The molecule has 3 aromatic carbocycles. The minimum Gasteiger partial charge on any atom is -0.464 e. The first-order valence-corrected chi connectivity index (χ1v) is 14.4. The third-order valence-electron chi connectivity index (χ3n) is 8.48. The fraction of sp³-hybridized carbons (Fsp3) is 0.343. The Morgan fingerprint density at radius 1 is 1.00 bits per heavy atom. The standard InChI is InChI=1S/C35H38N2O3/c1-24-9-12-30(25(2)21-24)33(32-14-10-26(3)40-32)36-34(38)35(16-17-35)29-11-13-31-28(22-29)15-18-37(31)19-20-39-23-27-7-5-4-6-8-27/h4-14,21-22,33H,15-20,23H2,1-3H3,(H,36,38). The molecule has 0 spiro atoms. The Hall–Kier alpha value is -3.83. The minimum atomic E-state index is -0.472. The molecule has 0 saturated heterocycles. The van der Waals surface area contributed by atoms with Crippen molar-refractivity contribution in [3.8, 4) is 0 Å². The number of aryl methyl sites for hydroxylation is 3. The van der Waals surface area contributed by atoms with Gasteiger partial charge in [0.2, 0.25) is 5.91 Å². The van der Waals surface area contributed by atoms with Crippen molar-refractivity contribution < 1.29 is 13.9 Å². The number of benzene rings is 3. The number of furan rings is 1. The van der Waals surface area contributed by atoms with Crippen LogP contribution in [0.3, 0.4) is 0 Å². The zero-order chi connectivity index (χ0) is 27.7. The first-order chi connectivity index (χ1) is 19.4. The molecule has 1 aliphatic heterocycles. The van der Waals surface area contributed by atoms with E-state index < -0.39 is 5.41 Å². The fourth-order valence-corrected chi connectivity index (χ4v) is 6.04. The second-order valence-electron chi connectivity index (χ2n) is 11.4. The zero-order valence-corrected chi connectivity index (χ0v) is 23.7. The summed E-state index contributed by atoms with van der Waals surface area (Å²) in [4.78, 5) is 16.3. The molecule has 5 heteroatoms. The third-order valence-corrected chi connectivity index (χ3v) is 8.48. The van der Waals surface area contributed by atoms with Crippen molar-refractivity contribution in [3.05, 3.63) is 124 Å². The summed E-state index contributed by atoms with van der Waals surface area (Å²) in [6.07, 6.45) is 2.73. The number of anilines is 1. The number of hydrogen-bond donors (Lipinski definition) is 1. The van der Waals surface area contributed by atoms with Crippen LogP contribution < -0.4 is 10.2 Å². The Morgan fingerprint density at radius 3 is 2.55 bits per heavy atom. The average Bonchev–Trinajstić information content (AvgIpc) is 3.51. The quantitative estimate of drug-likeness (QED) is 0.230. The summed E-state index contributed by atoms with van der Waals surface area (Å²) < 4.78 is 12.0. The van der Waals surface area contributed by atoms with Crippen LogP contribution in [0.15, 0.2) is 83.3 Å². The lowest BCUT2D eigenvalue weighted by molar-refractivity contribution is -0.124. The van der Waals surface area contributed by atoms with Crippen molar-refractivity contribution in [1.29, 1.82) is 0 Å². The van der Waals surface area contributed by atoms with Gasteiger partial charge in [-0.2, -0.15) is 0 Å². The van der Waals surface area contributed by atoms with Gasteiger partial charge in [-0.05, 0) is 86.1 Å². The Balaban J connectivity index is 1.15. The molecular formula is C35H38N2O3. The normalized spacial score (nSPS) is 16.0. The summed E-state index contributed by atoms with van der Waals surface area (Å²) in [6, 6.07) is 26.9. The highest BCUT2D eigenvalue weighted by Gasteiger charge is 2.52. The maximum absolute atomic E-state index is 13.9. The first-order valence-electron chi connectivity index (χ1n) is 14.4. The van der Waals surface area contributed by atoms with E-state index in [-0.39, 0.29) is 11.9 Å². The Kier molecular flexibility index (Phi) is 7.24. The van der Waals surface area contributed by atoms with E-state index in [0.29, 0.717) is 13.2 Å². The van der Waals surface area contributed by atoms with Gasteiger partial charge in [-0.15, -0.1) is 0 Å². The van der Waals surface area contributed by atoms with E-state index in [2.05, 4.69) is 72.6 Å². The summed E-state index contributed by atoms with van der Waals surface area (Å²) in [7, 11) is 0. The van der Waals surface area contributed by atoms with E-state index in [0.717, 1.165) is 60.6 Å². The van der Waals surface area contributed by atoms with Gasteiger partial charge in [-0.1, -0.05) is 66.2 Å². The lowest BCUT2D eigenvalue weighted by Crippen LogP contribution is -2.38. The van der Waals surface area contributed by atoms with E-state index in [4.69, 9.17) is 9.15 Å². The van der Waals surface area contributed by atoms with Crippen LogP contribution in [0.2, 0.25) is 0 Å². The van der Waals surface area contributed by atoms with Crippen molar-refractivity contribution in [2.24, 2.45) is 0 Å². The summed E-state index contributed by atoms with van der Waals surface area (Å²) in [5, 5.41) is 3.39. The van der Waals surface area contributed by atoms with Gasteiger partial charge in [-0.3, -0.25) is 4.79 Å². The highest BCUT2D eigenvalue weighted by molar-refractivity contribution is 5.92. The molecule has 1 aromatic heterocycles. The van der Waals surface area contributed by atoms with Crippen LogP contribution in [0, 0.1) is 20.8 Å². The van der Waals surface area contributed by atoms with Gasteiger partial charge < -0.3 is 19.4 Å². The molecule has 2 heterocycles.